The molecule has 1 N–H and O–H groups in total. The lowest BCUT2D eigenvalue weighted by molar-refractivity contribution is 0.0928. The van der Waals surface area contributed by atoms with E-state index in [2.05, 4.69) is 31.0 Å². The van der Waals surface area contributed by atoms with Gasteiger partial charge in [-0.05, 0) is 58.0 Å². The van der Waals surface area contributed by atoms with Crippen LogP contribution in [0.4, 0.5) is 0 Å². The molecule has 1 amide bonds. The third kappa shape index (κ3) is 5.27. The molecule has 0 saturated heterocycles. The number of aryl methyl sites for hydroxylation is 1. The molecule has 5 nitrogen and oxygen atoms in total. The Balaban J connectivity index is 1.75. The van der Waals surface area contributed by atoms with Gasteiger partial charge in [-0.25, -0.2) is 0 Å². The van der Waals surface area contributed by atoms with Crippen molar-refractivity contribution >= 4 is 28.6 Å². The molecule has 0 fully saturated rings. The van der Waals surface area contributed by atoms with Crippen LogP contribution < -0.4 is 5.32 Å². The minimum absolute atomic E-state index is 0.0820. The Morgan fingerprint density at radius 3 is 2.67 bits per heavy atom. The SMILES string of the molecule is CCN(CC)CCCC(C)NC(=O)c1cc2oc(C)cc2n1Cc1ccccc1Cl. The molecule has 1 aromatic carbocycles. The van der Waals surface area contributed by atoms with Crippen LogP contribution in [0.1, 0.15) is 55.4 Å². The second-order valence-electron chi connectivity index (χ2n) is 7.86. The lowest BCUT2D eigenvalue weighted by Crippen LogP contribution is -2.35. The molecule has 1 unspecified atom stereocenters. The Labute approximate surface area is 184 Å². The standard InChI is InChI=1S/C24H32ClN3O2/c1-5-27(6-2)13-9-10-17(3)26-24(29)22-15-23-21(14-18(4)30-23)28(22)16-19-11-7-8-12-20(19)25/h7-8,11-12,14-15,17H,5-6,9-10,13,16H2,1-4H3,(H,26,29). The number of carbonyl (C=O) groups excluding carboxylic acids is 1. The first-order chi connectivity index (χ1) is 14.4. The zero-order valence-corrected chi connectivity index (χ0v) is 19.1. The molecule has 3 rings (SSSR count). The summed E-state index contributed by atoms with van der Waals surface area (Å²) in [4.78, 5) is 15.5. The fraction of sp³-hybridized carbons (Fsp3) is 0.458. The van der Waals surface area contributed by atoms with Crippen LogP contribution in [0.15, 0.2) is 40.8 Å². The third-order valence-electron chi connectivity index (χ3n) is 5.62. The molecule has 30 heavy (non-hydrogen) atoms. The number of amides is 1. The van der Waals surface area contributed by atoms with Gasteiger partial charge in [-0.2, -0.15) is 0 Å². The van der Waals surface area contributed by atoms with Crippen LogP contribution in [0.3, 0.4) is 0 Å². The summed E-state index contributed by atoms with van der Waals surface area (Å²) in [6.07, 6.45) is 2.01. The van der Waals surface area contributed by atoms with Crippen LogP contribution in [-0.4, -0.2) is 41.1 Å². The van der Waals surface area contributed by atoms with Crippen molar-refractivity contribution in [3.8, 4) is 0 Å². The Hall–Kier alpha value is -2.24. The second kappa shape index (κ2) is 10.2. The summed E-state index contributed by atoms with van der Waals surface area (Å²) in [6, 6.07) is 11.6. The van der Waals surface area contributed by atoms with E-state index in [4.69, 9.17) is 16.0 Å². The van der Waals surface area contributed by atoms with Crippen molar-refractivity contribution in [1.29, 1.82) is 0 Å². The highest BCUT2D eigenvalue weighted by Gasteiger charge is 2.20. The number of benzene rings is 1. The van der Waals surface area contributed by atoms with Gasteiger partial charge >= 0.3 is 0 Å². The van der Waals surface area contributed by atoms with Gasteiger partial charge in [0.1, 0.15) is 11.5 Å². The number of hydrogen-bond acceptors (Lipinski definition) is 3. The highest BCUT2D eigenvalue weighted by Crippen LogP contribution is 2.26. The average Bonchev–Trinajstić information content (AvgIpc) is 3.24. The highest BCUT2D eigenvalue weighted by molar-refractivity contribution is 6.31. The maximum atomic E-state index is 13.1. The van der Waals surface area contributed by atoms with E-state index in [9.17, 15) is 4.79 Å². The molecule has 0 bridgehead atoms. The number of rotatable bonds is 10. The molecule has 0 aliphatic heterocycles. The summed E-state index contributed by atoms with van der Waals surface area (Å²) in [7, 11) is 0. The molecule has 0 spiro atoms. The molecule has 0 aliphatic carbocycles. The van der Waals surface area contributed by atoms with E-state index in [0.717, 1.165) is 54.9 Å². The van der Waals surface area contributed by atoms with E-state index < -0.39 is 0 Å². The van der Waals surface area contributed by atoms with E-state index >= 15 is 0 Å². The van der Waals surface area contributed by atoms with Gasteiger partial charge in [0.25, 0.3) is 5.91 Å². The fourth-order valence-corrected chi connectivity index (χ4v) is 4.05. The predicted molar refractivity (Wildman–Crippen MR) is 123 cm³/mol. The van der Waals surface area contributed by atoms with Gasteiger partial charge in [0, 0.05) is 29.7 Å². The summed E-state index contributed by atoms with van der Waals surface area (Å²) in [5.74, 6) is 0.742. The maximum Gasteiger partial charge on any atom is 0.268 e. The fourth-order valence-electron chi connectivity index (χ4n) is 3.85. The Bertz CT molecular complexity index is 988. The third-order valence-corrected chi connectivity index (χ3v) is 5.98. The summed E-state index contributed by atoms with van der Waals surface area (Å²) in [5.41, 5.74) is 3.20. The maximum absolute atomic E-state index is 13.1. The predicted octanol–water partition coefficient (Wildman–Crippen LogP) is 5.48. The van der Waals surface area contributed by atoms with Crippen molar-refractivity contribution in [2.45, 2.75) is 53.1 Å². The number of halogens is 1. The molecule has 3 aromatic rings. The van der Waals surface area contributed by atoms with Gasteiger partial charge in [-0.15, -0.1) is 0 Å². The first-order valence-corrected chi connectivity index (χ1v) is 11.2. The number of nitrogens with zero attached hydrogens (tertiary/aromatic N) is 2. The average molecular weight is 430 g/mol. The molecule has 2 heterocycles. The van der Waals surface area contributed by atoms with E-state index in [0.29, 0.717) is 17.3 Å². The molecule has 6 heteroatoms. The van der Waals surface area contributed by atoms with Crippen LogP contribution >= 0.6 is 11.6 Å². The van der Waals surface area contributed by atoms with Gasteiger partial charge in [0.15, 0.2) is 5.58 Å². The van der Waals surface area contributed by atoms with E-state index in [1.54, 1.807) is 0 Å². The lowest BCUT2D eigenvalue weighted by Gasteiger charge is -2.20. The zero-order valence-electron chi connectivity index (χ0n) is 18.4. The van der Waals surface area contributed by atoms with Gasteiger partial charge in [-0.3, -0.25) is 4.79 Å². The van der Waals surface area contributed by atoms with Crippen molar-refractivity contribution in [2.24, 2.45) is 0 Å². The van der Waals surface area contributed by atoms with Gasteiger partial charge in [0.2, 0.25) is 0 Å². The summed E-state index contributed by atoms with van der Waals surface area (Å²) < 4.78 is 7.78. The number of hydrogen-bond donors (Lipinski definition) is 1. The Morgan fingerprint density at radius 2 is 1.97 bits per heavy atom. The van der Waals surface area contributed by atoms with Crippen molar-refractivity contribution in [3.05, 3.63) is 58.4 Å². The highest BCUT2D eigenvalue weighted by atomic mass is 35.5. The lowest BCUT2D eigenvalue weighted by atomic mass is 10.1. The Morgan fingerprint density at radius 1 is 1.23 bits per heavy atom. The van der Waals surface area contributed by atoms with Crippen LogP contribution in [0, 0.1) is 6.92 Å². The molecule has 0 aliphatic rings. The molecule has 0 saturated carbocycles. The van der Waals surface area contributed by atoms with E-state index in [-0.39, 0.29) is 11.9 Å². The second-order valence-corrected chi connectivity index (χ2v) is 8.26. The number of nitrogens with one attached hydrogen (secondary N) is 1. The normalized spacial score (nSPS) is 12.6. The number of furan rings is 1. The van der Waals surface area contributed by atoms with Crippen molar-refractivity contribution in [3.63, 3.8) is 0 Å². The quantitative estimate of drug-likeness (QED) is 0.464. The molecule has 0 radical (unpaired) electrons. The zero-order chi connectivity index (χ0) is 21.7. The smallest absolute Gasteiger partial charge is 0.268 e. The van der Waals surface area contributed by atoms with Gasteiger partial charge in [-0.1, -0.05) is 43.6 Å². The number of aromatic nitrogens is 1. The number of fused-ring (bicyclic) bond motifs is 1. The van der Waals surface area contributed by atoms with Gasteiger partial charge in [0.05, 0.1) is 5.52 Å². The van der Waals surface area contributed by atoms with E-state index in [1.807, 2.05) is 47.9 Å². The monoisotopic (exact) mass is 429 g/mol. The van der Waals surface area contributed by atoms with Crippen LogP contribution in [0.25, 0.3) is 11.1 Å². The van der Waals surface area contributed by atoms with Crippen molar-refractivity contribution in [1.82, 2.24) is 14.8 Å². The van der Waals surface area contributed by atoms with Crippen LogP contribution in [0.2, 0.25) is 5.02 Å². The molecular formula is C24H32ClN3O2. The minimum atomic E-state index is -0.0820. The summed E-state index contributed by atoms with van der Waals surface area (Å²) >= 11 is 6.38. The Kier molecular flexibility index (Phi) is 7.62. The summed E-state index contributed by atoms with van der Waals surface area (Å²) in [6.45, 7) is 12.0. The molecule has 2 aromatic heterocycles. The van der Waals surface area contributed by atoms with Crippen molar-refractivity contribution in [2.75, 3.05) is 19.6 Å². The topological polar surface area (TPSA) is 50.4 Å². The summed E-state index contributed by atoms with van der Waals surface area (Å²) in [5, 5.41) is 3.85. The largest absolute Gasteiger partial charge is 0.460 e. The van der Waals surface area contributed by atoms with Crippen LogP contribution in [-0.2, 0) is 6.54 Å². The van der Waals surface area contributed by atoms with E-state index in [1.165, 1.54) is 0 Å². The molecular weight excluding hydrogens is 398 g/mol. The minimum Gasteiger partial charge on any atom is -0.460 e. The molecule has 1 atom stereocenters. The number of carbonyl (C=O) groups is 1. The molecule has 162 valence electrons. The first kappa shape index (κ1) is 22.4. The van der Waals surface area contributed by atoms with Gasteiger partial charge < -0.3 is 19.2 Å². The van der Waals surface area contributed by atoms with Crippen LogP contribution in [0.5, 0.6) is 0 Å². The van der Waals surface area contributed by atoms with Crippen molar-refractivity contribution < 1.29 is 9.21 Å². The first-order valence-electron chi connectivity index (χ1n) is 10.8.